The van der Waals surface area contributed by atoms with Crippen molar-refractivity contribution in [1.82, 2.24) is 15.0 Å². The van der Waals surface area contributed by atoms with E-state index < -0.39 is 17.2 Å². The number of carbonyl (C=O) groups excluding carboxylic acids is 1. The number of hydrogen-bond acceptors (Lipinski definition) is 4. The zero-order chi connectivity index (χ0) is 22.4. The number of amides is 1. The minimum Gasteiger partial charge on any atom is -0.497 e. The number of carbonyl (C=O) groups is 1. The van der Waals surface area contributed by atoms with Gasteiger partial charge < -0.3 is 9.72 Å². The van der Waals surface area contributed by atoms with Crippen molar-refractivity contribution in [2.24, 2.45) is 0 Å². The van der Waals surface area contributed by atoms with Gasteiger partial charge in [0, 0.05) is 11.3 Å². The van der Waals surface area contributed by atoms with Gasteiger partial charge in [0.1, 0.15) is 11.4 Å². The van der Waals surface area contributed by atoms with Gasteiger partial charge in [0.2, 0.25) is 5.91 Å². The molecule has 0 radical (unpaired) electrons. The number of fused-ring (bicyclic) bond motifs is 2. The molecule has 0 saturated carbocycles. The number of aromatic nitrogens is 3. The van der Waals surface area contributed by atoms with Crippen LogP contribution < -0.4 is 20.9 Å². The summed E-state index contributed by atoms with van der Waals surface area (Å²) in [5.74, 6) is 2.20. The van der Waals surface area contributed by atoms with Crippen molar-refractivity contribution in [2.45, 2.75) is 5.92 Å². The molecule has 8 nitrogen and oxygen atoms in total. The normalized spacial score (nSPS) is 15.1. The van der Waals surface area contributed by atoms with Gasteiger partial charge in [0.05, 0.1) is 30.7 Å². The van der Waals surface area contributed by atoms with Crippen LogP contribution in [0.25, 0.3) is 22.3 Å². The van der Waals surface area contributed by atoms with E-state index in [0.29, 0.717) is 22.7 Å². The van der Waals surface area contributed by atoms with Gasteiger partial charge in [-0.3, -0.25) is 24.5 Å². The molecule has 1 aliphatic heterocycles. The minimum absolute atomic E-state index is 0.111. The van der Waals surface area contributed by atoms with E-state index in [-0.39, 0.29) is 23.5 Å². The number of hydrogen-bond donors (Lipinski definition) is 3. The molecule has 4 aromatic rings. The summed E-state index contributed by atoms with van der Waals surface area (Å²) >= 11 is 0. The summed E-state index contributed by atoms with van der Waals surface area (Å²) in [5, 5.41) is 0.228. The predicted molar refractivity (Wildman–Crippen MR) is 121 cm³/mol. The summed E-state index contributed by atoms with van der Waals surface area (Å²) in [7, 11) is 1.57. The lowest BCUT2D eigenvalue weighted by atomic mass is 9.89. The first kappa shape index (κ1) is 19.5. The fraction of sp³-hybridized carbons (Fsp3) is 0.125. The van der Waals surface area contributed by atoms with Gasteiger partial charge in [-0.15, -0.1) is 6.42 Å². The highest BCUT2D eigenvalue weighted by molar-refractivity contribution is 6.10. The molecule has 1 aliphatic rings. The Morgan fingerprint density at radius 3 is 2.50 bits per heavy atom. The second kappa shape index (κ2) is 7.32. The maximum absolute atomic E-state index is 13.6. The van der Waals surface area contributed by atoms with Crippen LogP contribution in [0.4, 0.5) is 5.69 Å². The minimum atomic E-state index is -0.766. The molecule has 0 aliphatic carbocycles. The fourth-order valence-electron chi connectivity index (χ4n) is 4.35. The monoisotopic (exact) mass is 426 g/mol. The molecular weight excluding hydrogens is 408 g/mol. The van der Waals surface area contributed by atoms with Crippen LogP contribution in [-0.4, -0.2) is 34.5 Å². The van der Waals surface area contributed by atoms with Crippen LogP contribution in [0.3, 0.4) is 0 Å². The lowest BCUT2D eigenvalue weighted by molar-refractivity contribution is -0.118. The summed E-state index contributed by atoms with van der Waals surface area (Å²) in [6.45, 7) is 0.111. The summed E-state index contributed by atoms with van der Waals surface area (Å²) in [6.07, 6.45) is 5.51. The zero-order valence-electron chi connectivity index (χ0n) is 17.1. The van der Waals surface area contributed by atoms with Gasteiger partial charge in [-0.1, -0.05) is 24.1 Å². The van der Waals surface area contributed by atoms with Crippen molar-refractivity contribution >= 4 is 22.6 Å². The number of benzene rings is 2. The molecular formula is C24H18N4O4. The number of aromatic amines is 3. The molecule has 5 rings (SSSR count). The number of para-hydroxylation sites is 1. The van der Waals surface area contributed by atoms with Crippen LogP contribution in [0, 0.1) is 12.3 Å². The van der Waals surface area contributed by atoms with Gasteiger partial charge in [-0.25, -0.2) is 4.79 Å². The van der Waals surface area contributed by atoms with E-state index in [0.717, 1.165) is 11.1 Å². The number of nitrogens with one attached hydrogen (secondary N) is 3. The average molecular weight is 426 g/mol. The summed E-state index contributed by atoms with van der Waals surface area (Å²) in [6, 6.07) is 14.6. The molecule has 1 unspecified atom stereocenters. The molecule has 158 valence electrons. The number of H-pyrrole nitrogens is 3. The first-order chi connectivity index (χ1) is 15.5. The van der Waals surface area contributed by atoms with Crippen LogP contribution in [0.15, 0.2) is 58.1 Å². The fourth-order valence-corrected chi connectivity index (χ4v) is 4.35. The maximum atomic E-state index is 13.6. The SMILES string of the molecule is C#CCN1C(=O)C(c2c(-c3ccc(OC)cc3)[nH]c3[nH]c(=O)[nH]c(=O)c23)c2ccccc21. The highest BCUT2D eigenvalue weighted by Gasteiger charge is 2.41. The van der Waals surface area contributed by atoms with Crippen LogP contribution in [0.1, 0.15) is 17.0 Å². The van der Waals surface area contributed by atoms with E-state index in [4.69, 9.17) is 11.2 Å². The highest BCUT2D eigenvalue weighted by Crippen LogP contribution is 2.45. The Kier molecular flexibility index (Phi) is 4.45. The van der Waals surface area contributed by atoms with E-state index in [1.165, 1.54) is 4.90 Å². The maximum Gasteiger partial charge on any atom is 0.327 e. The summed E-state index contributed by atoms with van der Waals surface area (Å²) in [4.78, 5) is 48.0. The highest BCUT2D eigenvalue weighted by atomic mass is 16.5. The Hall–Kier alpha value is -4.51. The molecule has 0 bridgehead atoms. The Labute approximate surface area is 181 Å². The van der Waals surface area contributed by atoms with E-state index in [2.05, 4.69) is 20.9 Å². The lowest BCUT2D eigenvalue weighted by Crippen LogP contribution is -2.30. The average Bonchev–Trinajstić information content (AvgIpc) is 3.29. The molecule has 32 heavy (non-hydrogen) atoms. The molecule has 0 saturated heterocycles. The number of methoxy groups -OCH3 is 1. The number of rotatable bonds is 4. The third-order valence-corrected chi connectivity index (χ3v) is 5.70. The molecule has 2 aromatic carbocycles. The van der Waals surface area contributed by atoms with Crippen molar-refractivity contribution in [3.05, 3.63) is 80.5 Å². The predicted octanol–water partition coefficient (Wildman–Crippen LogP) is 2.33. The number of terminal acetylenes is 1. The standard InChI is InChI=1S/C24H18N4O4/c1-3-12-28-16-7-5-4-6-15(16)17(23(28)30)18-19-21(26-24(31)27-22(19)29)25-20(18)13-8-10-14(32-2)11-9-13/h1,4-11,17H,12H2,2H3,(H3,25,26,27,29,31). The largest absolute Gasteiger partial charge is 0.497 e. The summed E-state index contributed by atoms with van der Waals surface area (Å²) < 4.78 is 5.24. The van der Waals surface area contributed by atoms with Crippen molar-refractivity contribution in [2.75, 3.05) is 18.6 Å². The zero-order valence-corrected chi connectivity index (χ0v) is 17.1. The summed E-state index contributed by atoms with van der Waals surface area (Å²) in [5.41, 5.74) is 2.27. The van der Waals surface area contributed by atoms with Gasteiger partial charge in [-0.05, 0) is 41.5 Å². The van der Waals surface area contributed by atoms with Gasteiger partial charge >= 0.3 is 5.69 Å². The molecule has 2 aromatic heterocycles. The van der Waals surface area contributed by atoms with E-state index in [1.807, 2.05) is 36.4 Å². The topological polar surface area (TPSA) is 111 Å². The third kappa shape index (κ3) is 2.83. The van der Waals surface area contributed by atoms with Crippen LogP contribution in [0.2, 0.25) is 0 Å². The molecule has 3 heterocycles. The van der Waals surface area contributed by atoms with Gasteiger partial charge in [0.15, 0.2) is 0 Å². The Morgan fingerprint density at radius 1 is 1.03 bits per heavy atom. The van der Waals surface area contributed by atoms with Gasteiger partial charge in [-0.2, -0.15) is 0 Å². The Balaban J connectivity index is 1.83. The lowest BCUT2D eigenvalue weighted by Gasteiger charge is -2.15. The van der Waals surface area contributed by atoms with Crippen LogP contribution in [0.5, 0.6) is 5.75 Å². The molecule has 8 heteroatoms. The first-order valence-corrected chi connectivity index (χ1v) is 9.90. The third-order valence-electron chi connectivity index (χ3n) is 5.70. The van der Waals surface area contributed by atoms with E-state index >= 15 is 0 Å². The first-order valence-electron chi connectivity index (χ1n) is 9.90. The van der Waals surface area contributed by atoms with Crippen molar-refractivity contribution in [3.63, 3.8) is 0 Å². The molecule has 0 spiro atoms. The van der Waals surface area contributed by atoms with E-state index in [9.17, 15) is 14.4 Å². The molecule has 1 atom stereocenters. The molecule has 1 amide bonds. The van der Waals surface area contributed by atoms with Crippen molar-refractivity contribution in [3.8, 4) is 29.4 Å². The number of nitrogens with zero attached hydrogens (tertiary/aromatic N) is 1. The van der Waals surface area contributed by atoms with Crippen LogP contribution in [-0.2, 0) is 4.79 Å². The number of ether oxygens (including phenoxy) is 1. The van der Waals surface area contributed by atoms with E-state index in [1.54, 1.807) is 19.2 Å². The van der Waals surface area contributed by atoms with Gasteiger partial charge in [0.25, 0.3) is 5.56 Å². The second-order valence-corrected chi connectivity index (χ2v) is 7.42. The smallest absolute Gasteiger partial charge is 0.327 e. The molecule has 3 N–H and O–H groups in total. The van der Waals surface area contributed by atoms with Crippen LogP contribution >= 0.6 is 0 Å². The quantitative estimate of drug-likeness (QED) is 0.435. The second-order valence-electron chi connectivity index (χ2n) is 7.42. The number of anilines is 1. The molecule has 0 fully saturated rings. The Morgan fingerprint density at radius 2 is 1.78 bits per heavy atom. The van der Waals surface area contributed by atoms with Crippen molar-refractivity contribution < 1.29 is 9.53 Å². The Bertz CT molecular complexity index is 1520. The van der Waals surface area contributed by atoms with Crippen molar-refractivity contribution in [1.29, 1.82) is 0 Å².